The van der Waals surface area contributed by atoms with Crippen molar-refractivity contribution in [2.24, 2.45) is 5.73 Å². The van der Waals surface area contributed by atoms with Crippen LogP contribution in [0.1, 0.15) is 15.9 Å². The van der Waals surface area contributed by atoms with Gasteiger partial charge in [0.05, 0.1) is 10.6 Å². The summed E-state index contributed by atoms with van der Waals surface area (Å²) in [5, 5.41) is 2.76. The Morgan fingerprint density at radius 3 is 2.42 bits per heavy atom. The summed E-state index contributed by atoms with van der Waals surface area (Å²) in [4.78, 5) is 19.9. The standard InChI is InChI=1S/C13H12N4OS/c14-12(19)5-9-1-3-11(4-2-9)17-13(18)10-6-15-8-16-7-10/h1-4,6-8H,5H2,(H2,14,19)(H,17,18). The van der Waals surface area contributed by atoms with Crippen LogP contribution in [0.25, 0.3) is 0 Å². The number of thiocarbonyl (C=S) groups is 1. The smallest absolute Gasteiger partial charge is 0.258 e. The van der Waals surface area contributed by atoms with Gasteiger partial charge >= 0.3 is 0 Å². The summed E-state index contributed by atoms with van der Waals surface area (Å²) in [6, 6.07) is 7.34. The van der Waals surface area contributed by atoms with Crippen LogP contribution in [0.4, 0.5) is 5.69 Å². The van der Waals surface area contributed by atoms with Gasteiger partial charge in [0.1, 0.15) is 6.33 Å². The normalized spacial score (nSPS) is 9.89. The SMILES string of the molecule is NC(=S)Cc1ccc(NC(=O)c2cncnc2)cc1. The van der Waals surface area contributed by atoms with Crippen molar-refractivity contribution in [1.29, 1.82) is 0 Å². The van der Waals surface area contributed by atoms with Gasteiger partial charge in [-0.3, -0.25) is 4.79 Å². The Labute approximate surface area is 115 Å². The maximum Gasteiger partial charge on any atom is 0.258 e. The van der Waals surface area contributed by atoms with Crippen LogP contribution in [0.5, 0.6) is 0 Å². The number of hydrogen-bond donors (Lipinski definition) is 2. The number of benzene rings is 1. The summed E-state index contributed by atoms with van der Waals surface area (Å²) in [7, 11) is 0. The zero-order valence-electron chi connectivity index (χ0n) is 10.0. The first-order chi connectivity index (χ1) is 9.15. The molecule has 0 fully saturated rings. The van der Waals surface area contributed by atoms with Crippen LogP contribution < -0.4 is 11.1 Å². The van der Waals surface area contributed by atoms with Crippen LogP contribution >= 0.6 is 12.2 Å². The second-order valence-electron chi connectivity index (χ2n) is 3.92. The van der Waals surface area contributed by atoms with Crippen LogP contribution in [-0.4, -0.2) is 20.9 Å². The third-order valence-electron chi connectivity index (χ3n) is 2.41. The minimum Gasteiger partial charge on any atom is -0.393 e. The second-order valence-corrected chi connectivity index (χ2v) is 4.45. The van der Waals surface area contributed by atoms with E-state index in [9.17, 15) is 4.79 Å². The summed E-state index contributed by atoms with van der Waals surface area (Å²) in [5.74, 6) is -0.248. The van der Waals surface area contributed by atoms with Gasteiger partial charge in [0.2, 0.25) is 0 Å². The molecule has 0 saturated carbocycles. The van der Waals surface area contributed by atoms with Gasteiger partial charge in [-0.25, -0.2) is 9.97 Å². The van der Waals surface area contributed by atoms with E-state index in [1.165, 1.54) is 18.7 Å². The molecule has 0 spiro atoms. The number of carbonyl (C=O) groups excluding carboxylic acids is 1. The van der Waals surface area contributed by atoms with Gasteiger partial charge in [-0.05, 0) is 17.7 Å². The fraction of sp³-hybridized carbons (Fsp3) is 0.0769. The van der Waals surface area contributed by atoms with E-state index >= 15 is 0 Å². The number of carbonyl (C=O) groups is 1. The molecule has 6 heteroatoms. The van der Waals surface area contributed by atoms with E-state index in [0.717, 1.165) is 5.56 Å². The van der Waals surface area contributed by atoms with Crippen molar-refractivity contribution in [2.75, 3.05) is 5.32 Å². The molecule has 2 aromatic rings. The van der Waals surface area contributed by atoms with Crippen molar-refractivity contribution in [1.82, 2.24) is 9.97 Å². The highest BCUT2D eigenvalue weighted by Gasteiger charge is 2.06. The number of aromatic nitrogens is 2. The molecule has 3 N–H and O–H groups in total. The molecular weight excluding hydrogens is 260 g/mol. The molecule has 0 aliphatic heterocycles. The maximum atomic E-state index is 11.8. The lowest BCUT2D eigenvalue weighted by Gasteiger charge is -2.06. The number of amides is 1. The van der Waals surface area contributed by atoms with Gasteiger partial charge in [0.25, 0.3) is 5.91 Å². The summed E-state index contributed by atoms with van der Waals surface area (Å²) >= 11 is 4.84. The Morgan fingerprint density at radius 2 is 1.84 bits per heavy atom. The van der Waals surface area contributed by atoms with Gasteiger partial charge in [0, 0.05) is 24.5 Å². The molecule has 2 rings (SSSR count). The molecule has 0 aliphatic rings. The van der Waals surface area contributed by atoms with Gasteiger partial charge in [0.15, 0.2) is 0 Å². The van der Waals surface area contributed by atoms with Crippen LogP contribution in [0.15, 0.2) is 43.0 Å². The highest BCUT2D eigenvalue weighted by atomic mass is 32.1. The van der Waals surface area contributed by atoms with E-state index in [1.54, 1.807) is 12.1 Å². The third kappa shape index (κ3) is 3.82. The van der Waals surface area contributed by atoms with Crippen LogP contribution in [-0.2, 0) is 6.42 Å². The van der Waals surface area contributed by atoms with E-state index in [-0.39, 0.29) is 5.91 Å². The topological polar surface area (TPSA) is 80.9 Å². The number of hydrogen-bond acceptors (Lipinski definition) is 4. The summed E-state index contributed by atoms with van der Waals surface area (Å²) in [6.07, 6.45) is 4.85. The molecule has 0 saturated heterocycles. The molecule has 0 aliphatic carbocycles. The molecule has 19 heavy (non-hydrogen) atoms. The van der Waals surface area contributed by atoms with Crippen molar-refractivity contribution in [3.05, 3.63) is 54.1 Å². The quantitative estimate of drug-likeness (QED) is 0.825. The largest absolute Gasteiger partial charge is 0.393 e. The minimum atomic E-state index is -0.248. The first-order valence-electron chi connectivity index (χ1n) is 5.59. The molecule has 1 aromatic carbocycles. The molecule has 5 nitrogen and oxygen atoms in total. The third-order valence-corrected chi connectivity index (χ3v) is 2.56. The Balaban J connectivity index is 2.04. The summed E-state index contributed by atoms with van der Waals surface area (Å²) < 4.78 is 0. The van der Waals surface area contributed by atoms with Crippen molar-refractivity contribution in [3.8, 4) is 0 Å². The van der Waals surface area contributed by atoms with E-state index in [4.69, 9.17) is 18.0 Å². The van der Waals surface area contributed by atoms with E-state index in [2.05, 4.69) is 15.3 Å². The fourth-order valence-corrected chi connectivity index (χ4v) is 1.69. The molecule has 1 amide bonds. The summed E-state index contributed by atoms with van der Waals surface area (Å²) in [5.41, 5.74) is 7.58. The van der Waals surface area contributed by atoms with E-state index in [0.29, 0.717) is 22.7 Å². The first-order valence-corrected chi connectivity index (χ1v) is 5.99. The number of nitrogens with two attached hydrogens (primary N) is 1. The van der Waals surface area contributed by atoms with Crippen LogP contribution in [0, 0.1) is 0 Å². The average Bonchev–Trinajstić information content (AvgIpc) is 2.41. The van der Waals surface area contributed by atoms with Crippen molar-refractivity contribution in [2.45, 2.75) is 6.42 Å². The number of nitrogens with zero attached hydrogens (tertiary/aromatic N) is 2. The van der Waals surface area contributed by atoms with Crippen LogP contribution in [0.3, 0.4) is 0 Å². The molecule has 0 unspecified atom stereocenters. The zero-order valence-corrected chi connectivity index (χ0v) is 10.9. The minimum absolute atomic E-state index is 0.248. The van der Waals surface area contributed by atoms with Gasteiger partial charge in [-0.2, -0.15) is 0 Å². The zero-order chi connectivity index (χ0) is 13.7. The van der Waals surface area contributed by atoms with Crippen molar-refractivity contribution < 1.29 is 4.79 Å². The van der Waals surface area contributed by atoms with E-state index < -0.39 is 0 Å². The van der Waals surface area contributed by atoms with Gasteiger partial charge in [-0.1, -0.05) is 24.4 Å². The van der Waals surface area contributed by atoms with E-state index in [1.807, 2.05) is 12.1 Å². The fourth-order valence-electron chi connectivity index (χ4n) is 1.53. The van der Waals surface area contributed by atoms with Crippen molar-refractivity contribution >= 4 is 28.8 Å². The summed E-state index contributed by atoms with van der Waals surface area (Å²) in [6.45, 7) is 0. The lowest BCUT2D eigenvalue weighted by atomic mass is 10.1. The monoisotopic (exact) mass is 272 g/mol. The molecule has 96 valence electrons. The predicted molar refractivity (Wildman–Crippen MR) is 76.9 cm³/mol. The number of anilines is 1. The Kier molecular flexibility index (Phi) is 4.15. The lowest BCUT2D eigenvalue weighted by Crippen LogP contribution is -2.13. The number of rotatable bonds is 4. The average molecular weight is 272 g/mol. The van der Waals surface area contributed by atoms with Gasteiger partial charge in [-0.15, -0.1) is 0 Å². The van der Waals surface area contributed by atoms with Gasteiger partial charge < -0.3 is 11.1 Å². The Morgan fingerprint density at radius 1 is 1.21 bits per heavy atom. The first kappa shape index (κ1) is 13.1. The van der Waals surface area contributed by atoms with Crippen LogP contribution in [0.2, 0.25) is 0 Å². The number of nitrogens with one attached hydrogen (secondary N) is 1. The molecular formula is C13H12N4OS. The highest BCUT2D eigenvalue weighted by molar-refractivity contribution is 7.80. The lowest BCUT2D eigenvalue weighted by molar-refractivity contribution is 0.102. The maximum absolute atomic E-state index is 11.8. The molecule has 0 atom stereocenters. The Hall–Kier alpha value is -2.34. The molecule has 1 heterocycles. The second kappa shape index (κ2) is 6.01. The molecule has 1 aromatic heterocycles. The Bertz CT molecular complexity index is 583. The predicted octanol–water partition coefficient (Wildman–Crippen LogP) is 1.56. The highest BCUT2D eigenvalue weighted by Crippen LogP contribution is 2.11. The molecule has 0 bridgehead atoms. The molecule has 0 radical (unpaired) electrons. The van der Waals surface area contributed by atoms with Crippen molar-refractivity contribution in [3.63, 3.8) is 0 Å².